The average Bonchev–Trinajstić information content (AvgIpc) is 3.50. The number of fused-ring (bicyclic) bond motifs is 1. The van der Waals surface area contributed by atoms with Gasteiger partial charge in [-0.05, 0) is 30.3 Å². The van der Waals surface area contributed by atoms with E-state index in [1.165, 1.54) is 23.6 Å². The van der Waals surface area contributed by atoms with Crippen molar-refractivity contribution >= 4 is 28.4 Å². The van der Waals surface area contributed by atoms with Crippen molar-refractivity contribution in [2.45, 2.75) is 12.6 Å². The van der Waals surface area contributed by atoms with Gasteiger partial charge in [-0.25, -0.2) is 0 Å². The number of pyridine rings is 1. The van der Waals surface area contributed by atoms with Crippen LogP contribution in [0.3, 0.4) is 0 Å². The second-order valence-electron chi connectivity index (χ2n) is 7.03. The molecule has 1 atom stereocenters. The molecule has 0 radical (unpaired) electrons. The summed E-state index contributed by atoms with van der Waals surface area (Å²) in [6, 6.07) is 13.5. The Morgan fingerprint density at radius 1 is 1.10 bits per heavy atom. The van der Waals surface area contributed by atoms with E-state index in [2.05, 4.69) is 9.97 Å². The third kappa shape index (κ3) is 2.79. The van der Waals surface area contributed by atoms with Gasteiger partial charge in [0.2, 0.25) is 0 Å². The number of hydrogen-bond acceptors (Lipinski definition) is 5. The molecule has 1 amide bonds. The standard InChI is InChI=1S/C23H17N3O4/c27-21(14-7-9-24-10-8-14)19-20(17-12-25-18-6-2-1-5-16(17)18)26(23(29)22(19)28)13-15-4-3-11-30-15/h1-12,20,25,27H,13H2/b21-19+. The fourth-order valence-electron chi connectivity index (χ4n) is 3.92. The molecule has 0 bridgehead atoms. The predicted octanol–water partition coefficient (Wildman–Crippen LogP) is 3.78. The minimum atomic E-state index is -0.764. The number of nitrogens with zero attached hydrogens (tertiary/aromatic N) is 2. The third-order valence-corrected chi connectivity index (χ3v) is 5.32. The number of Topliss-reactive ketones (excluding diaryl/α,β-unsaturated/α-hetero) is 1. The van der Waals surface area contributed by atoms with Gasteiger partial charge in [0.05, 0.1) is 24.4 Å². The Bertz CT molecular complexity index is 1270. The fraction of sp³-hybridized carbons (Fsp3) is 0.0870. The van der Waals surface area contributed by atoms with E-state index in [-0.39, 0.29) is 17.9 Å². The molecule has 4 heterocycles. The van der Waals surface area contributed by atoms with Gasteiger partial charge in [-0.3, -0.25) is 14.6 Å². The number of H-pyrrole nitrogens is 1. The highest BCUT2D eigenvalue weighted by Gasteiger charge is 2.47. The van der Waals surface area contributed by atoms with E-state index >= 15 is 0 Å². The Morgan fingerprint density at radius 2 is 1.90 bits per heavy atom. The van der Waals surface area contributed by atoms with E-state index in [4.69, 9.17) is 4.42 Å². The van der Waals surface area contributed by atoms with Crippen LogP contribution in [0.25, 0.3) is 16.7 Å². The maximum absolute atomic E-state index is 13.0. The molecule has 0 saturated carbocycles. The Hall–Kier alpha value is -4.13. The lowest BCUT2D eigenvalue weighted by atomic mass is 9.95. The van der Waals surface area contributed by atoms with Crippen molar-refractivity contribution in [3.05, 3.63) is 95.8 Å². The Morgan fingerprint density at radius 3 is 2.67 bits per heavy atom. The minimum Gasteiger partial charge on any atom is -0.507 e. The summed E-state index contributed by atoms with van der Waals surface area (Å²) in [6.07, 6.45) is 6.34. The first kappa shape index (κ1) is 17.9. The summed E-state index contributed by atoms with van der Waals surface area (Å²) >= 11 is 0. The molecule has 30 heavy (non-hydrogen) atoms. The van der Waals surface area contributed by atoms with Crippen molar-refractivity contribution < 1.29 is 19.1 Å². The molecule has 7 nitrogen and oxygen atoms in total. The van der Waals surface area contributed by atoms with Crippen LogP contribution >= 0.6 is 0 Å². The Balaban J connectivity index is 1.72. The number of para-hydroxylation sites is 1. The summed E-state index contributed by atoms with van der Waals surface area (Å²) < 4.78 is 5.41. The lowest BCUT2D eigenvalue weighted by molar-refractivity contribution is -0.140. The smallest absolute Gasteiger partial charge is 0.296 e. The van der Waals surface area contributed by atoms with Crippen LogP contribution in [-0.4, -0.2) is 31.7 Å². The normalized spacial score (nSPS) is 18.4. The first-order valence-electron chi connectivity index (χ1n) is 9.42. The summed E-state index contributed by atoms with van der Waals surface area (Å²) in [7, 11) is 0. The number of aliphatic hydroxyl groups excluding tert-OH is 1. The number of likely N-dealkylation sites (tertiary alicyclic amines) is 1. The zero-order valence-electron chi connectivity index (χ0n) is 15.8. The van der Waals surface area contributed by atoms with Crippen LogP contribution in [-0.2, 0) is 16.1 Å². The van der Waals surface area contributed by atoms with Crippen molar-refractivity contribution in [2.75, 3.05) is 0 Å². The maximum atomic E-state index is 13.0. The van der Waals surface area contributed by atoms with Gasteiger partial charge in [-0.1, -0.05) is 18.2 Å². The van der Waals surface area contributed by atoms with Crippen molar-refractivity contribution in [1.82, 2.24) is 14.9 Å². The van der Waals surface area contributed by atoms with E-state index in [9.17, 15) is 14.7 Å². The Labute approximate surface area is 171 Å². The molecule has 1 fully saturated rings. The summed E-state index contributed by atoms with van der Waals surface area (Å²) in [4.78, 5) is 34.6. The summed E-state index contributed by atoms with van der Waals surface area (Å²) in [6.45, 7) is 0.106. The van der Waals surface area contributed by atoms with Gasteiger partial charge in [0.15, 0.2) is 0 Å². The van der Waals surface area contributed by atoms with Crippen molar-refractivity contribution in [1.29, 1.82) is 0 Å². The second-order valence-corrected chi connectivity index (χ2v) is 7.03. The average molecular weight is 399 g/mol. The van der Waals surface area contributed by atoms with Gasteiger partial charge in [-0.15, -0.1) is 0 Å². The number of carbonyl (C=O) groups excluding carboxylic acids is 2. The number of carbonyl (C=O) groups is 2. The number of amides is 1. The molecule has 1 aromatic carbocycles. The zero-order chi connectivity index (χ0) is 20.7. The molecule has 1 aliphatic heterocycles. The molecule has 5 rings (SSSR count). The lowest BCUT2D eigenvalue weighted by Gasteiger charge is -2.24. The number of aromatic nitrogens is 2. The predicted molar refractivity (Wildman–Crippen MR) is 109 cm³/mol. The summed E-state index contributed by atoms with van der Waals surface area (Å²) in [5.41, 5.74) is 2.07. The SMILES string of the molecule is O=C1C(=O)N(Cc2ccco2)C(c2c[nH]c3ccccc23)/C1=C(\O)c1ccncc1. The monoisotopic (exact) mass is 399 g/mol. The number of furan rings is 1. The van der Waals surface area contributed by atoms with E-state index in [1.54, 1.807) is 30.5 Å². The van der Waals surface area contributed by atoms with Crippen molar-refractivity contribution in [2.24, 2.45) is 0 Å². The molecule has 1 aliphatic rings. The molecule has 1 saturated heterocycles. The van der Waals surface area contributed by atoms with Gasteiger partial charge in [0.1, 0.15) is 11.5 Å². The van der Waals surface area contributed by atoms with Crippen LogP contribution in [0.1, 0.15) is 22.9 Å². The quantitative estimate of drug-likeness (QED) is 0.309. The molecule has 0 spiro atoms. The molecule has 3 aromatic heterocycles. The van der Waals surface area contributed by atoms with Gasteiger partial charge >= 0.3 is 0 Å². The lowest BCUT2D eigenvalue weighted by Crippen LogP contribution is -2.29. The first-order valence-corrected chi connectivity index (χ1v) is 9.42. The largest absolute Gasteiger partial charge is 0.507 e. The number of rotatable bonds is 4. The number of benzene rings is 1. The minimum absolute atomic E-state index is 0.0440. The molecule has 4 aromatic rings. The van der Waals surface area contributed by atoms with Gasteiger partial charge in [0.25, 0.3) is 11.7 Å². The van der Waals surface area contributed by atoms with Crippen LogP contribution in [0.2, 0.25) is 0 Å². The number of aromatic amines is 1. The topological polar surface area (TPSA) is 99.4 Å². The van der Waals surface area contributed by atoms with Crippen LogP contribution < -0.4 is 0 Å². The van der Waals surface area contributed by atoms with E-state index in [0.29, 0.717) is 11.3 Å². The van der Waals surface area contributed by atoms with E-state index in [1.807, 2.05) is 24.3 Å². The van der Waals surface area contributed by atoms with Crippen LogP contribution in [0.4, 0.5) is 0 Å². The number of hydrogen-bond donors (Lipinski definition) is 2. The summed E-state index contributed by atoms with van der Waals surface area (Å²) in [5.74, 6) is -1.10. The Kier molecular flexibility index (Phi) is 4.21. The summed E-state index contributed by atoms with van der Waals surface area (Å²) in [5, 5.41) is 11.9. The zero-order valence-corrected chi connectivity index (χ0v) is 15.8. The third-order valence-electron chi connectivity index (χ3n) is 5.32. The van der Waals surface area contributed by atoms with Crippen LogP contribution in [0.15, 0.2) is 83.4 Å². The number of ketones is 1. The van der Waals surface area contributed by atoms with Gasteiger partial charge in [-0.2, -0.15) is 0 Å². The molecule has 7 heteroatoms. The number of aliphatic hydroxyl groups is 1. The molecular weight excluding hydrogens is 382 g/mol. The number of nitrogens with one attached hydrogen (secondary N) is 1. The fourth-order valence-corrected chi connectivity index (χ4v) is 3.92. The first-order chi connectivity index (χ1) is 14.6. The molecule has 148 valence electrons. The molecule has 0 aliphatic carbocycles. The highest BCUT2D eigenvalue weighted by atomic mass is 16.3. The van der Waals surface area contributed by atoms with Gasteiger partial charge in [0, 0.05) is 40.6 Å². The molecule has 1 unspecified atom stereocenters. The highest BCUT2D eigenvalue weighted by Crippen LogP contribution is 2.42. The highest BCUT2D eigenvalue weighted by molar-refractivity contribution is 6.46. The van der Waals surface area contributed by atoms with Crippen LogP contribution in [0, 0.1) is 0 Å². The second kappa shape index (κ2) is 7.04. The van der Waals surface area contributed by atoms with E-state index in [0.717, 1.165) is 16.5 Å². The molecular formula is C23H17N3O4. The maximum Gasteiger partial charge on any atom is 0.296 e. The van der Waals surface area contributed by atoms with Crippen molar-refractivity contribution in [3.8, 4) is 0 Å². The van der Waals surface area contributed by atoms with Crippen LogP contribution in [0.5, 0.6) is 0 Å². The van der Waals surface area contributed by atoms with E-state index < -0.39 is 17.7 Å². The van der Waals surface area contributed by atoms with Gasteiger partial charge < -0.3 is 19.4 Å². The van der Waals surface area contributed by atoms with Crippen molar-refractivity contribution in [3.63, 3.8) is 0 Å². The molecule has 2 N–H and O–H groups in total.